The van der Waals surface area contributed by atoms with E-state index < -0.39 is 5.91 Å². The van der Waals surface area contributed by atoms with E-state index in [1.807, 2.05) is 30.3 Å². The number of carbonyl (C=O) groups excluding carboxylic acids is 3. The molecule has 0 spiro atoms. The molecule has 0 bridgehead atoms. The van der Waals surface area contributed by atoms with Gasteiger partial charge in [0.1, 0.15) is 5.75 Å². The Morgan fingerprint density at radius 2 is 1.92 bits per heavy atom. The van der Waals surface area contributed by atoms with Gasteiger partial charge in [0.05, 0.1) is 9.38 Å². The summed E-state index contributed by atoms with van der Waals surface area (Å²) in [6, 6.07) is 14.8. The maximum Gasteiger partial charge on any atom is 0.311 e. The van der Waals surface area contributed by atoms with Crippen LogP contribution in [0.2, 0.25) is 0 Å². The number of ether oxygens (including phenoxy) is 1. The van der Waals surface area contributed by atoms with Gasteiger partial charge in [-0.25, -0.2) is 0 Å². The Hall–Kier alpha value is -2.38. The van der Waals surface area contributed by atoms with Crippen molar-refractivity contribution in [2.75, 3.05) is 0 Å². The van der Waals surface area contributed by atoms with E-state index in [-0.39, 0.29) is 17.6 Å². The van der Waals surface area contributed by atoms with Crippen LogP contribution in [0.4, 0.5) is 4.79 Å². The van der Waals surface area contributed by atoms with Crippen molar-refractivity contribution in [3.8, 4) is 5.75 Å². The van der Waals surface area contributed by atoms with E-state index in [0.29, 0.717) is 27.1 Å². The fraction of sp³-hybridized carbons (Fsp3) is 0.105. The molecule has 0 saturated carbocycles. The second-order valence-electron chi connectivity index (χ2n) is 5.50. The third-order valence-electron chi connectivity index (χ3n) is 3.58. The van der Waals surface area contributed by atoms with Gasteiger partial charge in [-0.15, -0.1) is 0 Å². The largest absolute Gasteiger partial charge is 0.425 e. The Kier molecular flexibility index (Phi) is 5.90. The van der Waals surface area contributed by atoms with Crippen molar-refractivity contribution in [2.24, 2.45) is 0 Å². The van der Waals surface area contributed by atoms with E-state index in [4.69, 9.17) is 4.74 Å². The maximum absolute atomic E-state index is 12.0. The molecule has 7 heteroatoms. The number of nitrogens with one attached hydrogen (secondary N) is 1. The summed E-state index contributed by atoms with van der Waals surface area (Å²) in [6.07, 6.45) is 2.50. The fourth-order valence-corrected chi connectivity index (χ4v) is 3.49. The molecule has 132 valence electrons. The third kappa shape index (κ3) is 4.83. The Labute approximate surface area is 162 Å². The zero-order valence-corrected chi connectivity index (χ0v) is 15.9. The smallest absolute Gasteiger partial charge is 0.311 e. The molecule has 2 aromatic rings. The molecule has 1 aliphatic heterocycles. The summed E-state index contributed by atoms with van der Waals surface area (Å²) in [5, 5.41) is 1.82. The second kappa shape index (κ2) is 8.33. The highest BCUT2D eigenvalue weighted by atomic mass is 79.9. The van der Waals surface area contributed by atoms with Crippen LogP contribution in [0.5, 0.6) is 5.75 Å². The molecule has 1 saturated heterocycles. The SMILES string of the molecule is O=C(CCc1ccccc1)Oc1ccc(/C=C2\SC(=O)NC2=O)cc1Br. The van der Waals surface area contributed by atoms with Gasteiger partial charge in [0, 0.05) is 6.42 Å². The average Bonchev–Trinajstić information content (AvgIpc) is 2.93. The number of aryl methyl sites for hydroxylation is 1. The van der Waals surface area contributed by atoms with E-state index in [2.05, 4.69) is 21.2 Å². The lowest BCUT2D eigenvalue weighted by Gasteiger charge is -2.07. The van der Waals surface area contributed by atoms with Gasteiger partial charge in [-0.2, -0.15) is 0 Å². The summed E-state index contributed by atoms with van der Waals surface area (Å²) in [5.74, 6) is -0.325. The molecule has 1 fully saturated rings. The van der Waals surface area contributed by atoms with Gasteiger partial charge in [-0.05, 0) is 63.4 Å². The van der Waals surface area contributed by atoms with Crippen molar-refractivity contribution >= 4 is 50.9 Å². The Morgan fingerprint density at radius 1 is 1.15 bits per heavy atom. The van der Waals surface area contributed by atoms with Crippen LogP contribution in [-0.4, -0.2) is 17.1 Å². The molecular formula is C19H14BrNO4S. The number of amides is 2. The second-order valence-corrected chi connectivity index (χ2v) is 7.37. The molecule has 0 atom stereocenters. The van der Waals surface area contributed by atoms with Crippen molar-refractivity contribution in [2.45, 2.75) is 12.8 Å². The summed E-state index contributed by atoms with van der Waals surface area (Å²) in [6.45, 7) is 0. The van der Waals surface area contributed by atoms with Crippen LogP contribution >= 0.6 is 27.7 Å². The Balaban J connectivity index is 1.62. The van der Waals surface area contributed by atoms with Gasteiger partial charge in [0.2, 0.25) is 0 Å². The minimum absolute atomic E-state index is 0.279. The van der Waals surface area contributed by atoms with Crippen molar-refractivity contribution < 1.29 is 19.1 Å². The average molecular weight is 432 g/mol. The first kappa shape index (κ1) is 18.4. The molecule has 2 amide bonds. The van der Waals surface area contributed by atoms with Crippen molar-refractivity contribution in [3.05, 3.63) is 69.0 Å². The van der Waals surface area contributed by atoms with Crippen molar-refractivity contribution in [1.82, 2.24) is 5.32 Å². The zero-order chi connectivity index (χ0) is 18.5. The number of esters is 1. The molecule has 0 aromatic heterocycles. The number of carbonyl (C=O) groups is 3. The molecule has 5 nitrogen and oxygen atoms in total. The van der Waals surface area contributed by atoms with Crippen LogP contribution in [0.25, 0.3) is 6.08 Å². The van der Waals surface area contributed by atoms with E-state index in [0.717, 1.165) is 17.3 Å². The fourth-order valence-electron chi connectivity index (χ4n) is 2.33. The van der Waals surface area contributed by atoms with Crippen LogP contribution in [0.3, 0.4) is 0 Å². The minimum atomic E-state index is -0.410. The van der Waals surface area contributed by atoms with E-state index >= 15 is 0 Å². The first-order valence-corrected chi connectivity index (χ1v) is 9.41. The molecule has 1 aliphatic rings. The van der Waals surface area contributed by atoms with E-state index in [1.165, 1.54) is 0 Å². The first-order valence-electron chi connectivity index (χ1n) is 7.80. The minimum Gasteiger partial charge on any atom is -0.425 e. The van der Waals surface area contributed by atoms with Crippen LogP contribution in [0.15, 0.2) is 57.9 Å². The number of benzene rings is 2. The van der Waals surface area contributed by atoms with Gasteiger partial charge in [0.25, 0.3) is 11.1 Å². The molecule has 0 aliphatic carbocycles. The number of thioether (sulfide) groups is 1. The van der Waals surface area contributed by atoms with Crippen LogP contribution in [0, 0.1) is 0 Å². The summed E-state index contributed by atoms with van der Waals surface area (Å²) in [4.78, 5) is 35.1. The highest BCUT2D eigenvalue weighted by molar-refractivity contribution is 9.10. The Bertz CT molecular complexity index is 896. The van der Waals surface area contributed by atoms with Gasteiger partial charge in [-0.1, -0.05) is 36.4 Å². The number of hydrogen-bond donors (Lipinski definition) is 1. The molecule has 1 N–H and O–H groups in total. The summed E-state index contributed by atoms with van der Waals surface area (Å²) in [7, 11) is 0. The monoisotopic (exact) mass is 431 g/mol. The summed E-state index contributed by atoms with van der Waals surface area (Å²) >= 11 is 4.22. The molecule has 0 unspecified atom stereocenters. The van der Waals surface area contributed by atoms with Gasteiger partial charge in [-0.3, -0.25) is 19.7 Å². The number of hydrogen-bond acceptors (Lipinski definition) is 5. The lowest BCUT2D eigenvalue weighted by atomic mass is 10.1. The molecule has 26 heavy (non-hydrogen) atoms. The quantitative estimate of drug-likeness (QED) is 0.433. The normalized spacial score (nSPS) is 15.2. The molecule has 1 heterocycles. The van der Waals surface area contributed by atoms with E-state index in [1.54, 1.807) is 24.3 Å². The molecular weight excluding hydrogens is 418 g/mol. The number of rotatable bonds is 5. The van der Waals surface area contributed by atoms with Crippen LogP contribution in [-0.2, 0) is 16.0 Å². The van der Waals surface area contributed by atoms with Gasteiger partial charge >= 0.3 is 5.97 Å². The first-order chi connectivity index (χ1) is 12.5. The van der Waals surface area contributed by atoms with Crippen molar-refractivity contribution in [1.29, 1.82) is 0 Å². The third-order valence-corrected chi connectivity index (χ3v) is 5.01. The van der Waals surface area contributed by atoms with Gasteiger partial charge < -0.3 is 4.74 Å². The Morgan fingerprint density at radius 3 is 2.58 bits per heavy atom. The standard InChI is InChI=1S/C19H14BrNO4S/c20-14-10-13(11-16-18(23)21-19(24)26-16)6-8-15(14)25-17(22)9-7-12-4-2-1-3-5-12/h1-6,8,10-11H,7,9H2,(H,21,23,24)/b16-11-. The van der Waals surface area contributed by atoms with Crippen LogP contribution < -0.4 is 10.1 Å². The lowest BCUT2D eigenvalue weighted by molar-refractivity contribution is -0.134. The lowest BCUT2D eigenvalue weighted by Crippen LogP contribution is -2.17. The maximum atomic E-state index is 12.0. The highest BCUT2D eigenvalue weighted by Crippen LogP contribution is 2.30. The van der Waals surface area contributed by atoms with Gasteiger partial charge in [0.15, 0.2) is 0 Å². The summed E-state index contributed by atoms with van der Waals surface area (Å²) in [5.41, 5.74) is 1.79. The van der Waals surface area contributed by atoms with Crippen LogP contribution in [0.1, 0.15) is 17.5 Å². The summed E-state index contributed by atoms with van der Waals surface area (Å²) < 4.78 is 5.98. The number of imide groups is 1. The molecule has 2 aromatic carbocycles. The zero-order valence-electron chi connectivity index (χ0n) is 13.5. The molecule has 0 radical (unpaired) electrons. The highest BCUT2D eigenvalue weighted by Gasteiger charge is 2.25. The predicted octanol–water partition coefficient (Wildman–Crippen LogP) is 4.31. The topological polar surface area (TPSA) is 72.5 Å². The predicted molar refractivity (Wildman–Crippen MR) is 104 cm³/mol. The van der Waals surface area contributed by atoms with E-state index in [9.17, 15) is 14.4 Å². The molecule has 3 rings (SSSR count). The van der Waals surface area contributed by atoms with Crippen molar-refractivity contribution in [3.63, 3.8) is 0 Å². The number of halogens is 1.